The van der Waals surface area contributed by atoms with Gasteiger partial charge >= 0.3 is 5.69 Å². The minimum atomic E-state index is -4.50. The molecular formula is C19H21N7O12P2S2-2. The number of imidazole rings is 1. The summed E-state index contributed by atoms with van der Waals surface area (Å²) in [6.45, 7) is -10.2. The quantitative estimate of drug-likeness (QED) is 0.163. The molecule has 0 aliphatic carbocycles. The van der Waals surface area contributed by atoms with Crippen LogP contribution in [0.3, 0.4) is 0 Å². The minimum absolute atomic E-state index is 0.0718. The number of hydrogen-bond donors (Lipinski definition) is 4. The molecule has 6 heterocycles. The van der Waals surface area contributed by atoms with Gasteiger partial charge in [0.1, 0.15) is 55.2 Å². The molecule has 0 radical (unpaired) electrons. The second-order valence-electron chi connectivity index (χ2n) is 9.34. The molecule has 0 saturated carbocycles. The van der Waals surface area contributed by atoms with E-state index in [2.05, 4.69) is 15.0 Å². The highest BCUT2D eigenvalue weighted by Gasteiger charge is 2.50. The van der Waals surface area contributed by atoms with Crippen molar-refractivity contribution in [2.75, 3.05) is 18.9 Å². The second-order valence-corrected chi connectivity index (χ2v) is 14.7. The van der Waals surface area contributed by atoms with E-state index in [9.17, 15) is 29.3 Å². The summed E-state index contributed by atoms with van der Waals surface area (Å²) >= 11 is 10.1. The van der Waals surface area contributed by atoms with Crippen molar-refractivity contribution in [3.63, 3.8) is 0 Å². The van der Waals surface area contributed by atoms with Gasteiger partial charge in [0.2, 0.25) is 6.80 Å². The topological polar surface area (TPSA) is 260 Å². The van der Waals surface area contributed by atoms with Gasteiger partial charge in [0, 0.05) is 12.3 Å². The molecule has 3 aliphatic heterocycles. The van der Waals surface area contributed by atoms with E-state index >= 15 is 0 Å². The van der Waals surface area contributed by atoms with Crippen LogP contribution < -0.4 is 21.9 Å². The Balaban J connectivity index is 1.31. The summed E-state index contributed by atoms with van der Waals surface area (Å²) in [5.74, 6) is 0.0718. The monoisotopic (exact) mass is 665 g/mol. The maximum atomic E-state index is 13.3. The molecule has 0 amide bonds. The molecule has 0 aromatic carbocycles. The number of anilines is 1. The first kappa shape index (κ1) is 29.9. The molecule has 3 aromatic heterocycles. The fourth-order valence-electron chi connectivity index (χ4n) is 4.78. The van der Waals surface area contributed by atoms with E-state index in [0.29, 0.717) is 0 Å². The number of nitrogens with zero attached hydrogens (tertiary/aromatic N) is 5. The van der Waals surface area contributed by atoms with Gasteiger partial charge in [0.15, 0.2) is 23.9 Å². The molecule has 3 aliphatic rings. The first-order chi connectivity index (χ1) is 19.8. The number of nitrogens with one attached hydrogen (secondary N) is 1. The number of fused-ring (bicyclic) bond motifs is 4. The van der Waals surface area contributed by atoms with E-state index in [4.69, 9.17) is 57.4 Å². The molecule has 2 unspecified atom stereocenters. The van der Waals surface area contributed by atoms with E-state index in [0.717, 1.165) is 16.8 Å². The van der Waals surface area contributed by atoms with Gasteiger partial charge < -0.3 is 60.7 Å². The van der Waals surface area contributed by atoms with E-state index in [1.807, 2.05) is 4.98 Å². The second kappa shape index (κ2) is 11.1. The average molecular weight is 665 g/mol. The zero-order valence-corrected chi connectivity index (χ0v) is 24.3. The van der Waals surface area contributed by atoms with Crippen molar-refractivity contribution >= 4 is 54.6 Å². The van der Waals surface area contributed by atoms with Crippen molar-refractivity contribution in [3.8, 4) is 0 Å². The largest absolute Gasteiger partial charge is 0.780 e. The number of hydrogen-bond acceptors (Lipinski definition) is 18. The zero-order chi connectivity index (χ0) is 30.0. The van der Waals surface area contributed by atoms with Crippen LogP contribution in [-0.2, 0) is 56.2 Å². The van der Waals surface area contributed by atoms with Crippen molar-refractivity contribution in [1.82, 2.24) is 29.1 Å². The molecule has 3 aromatic rings. The number of aromatic amines is 1. The summed E-state index contributed by atoms with van der Waals surface area (Å²) in [5, 5.41) is 22.1. The van der Waals surface area contributed by atoms with Crippen LogP contribution in [0.15, 0.2) is 34.5 Å². The lowest BCUT2D eigenvalue weighted by Crippen LogP contribution is -2.39. The lowest BCUT2D eigenvalue weighted by Gasteiger charge is -2.34. The van der Waals surface area contributed by atoms with Gasteiger partial charge in [-0.15, -0.1) is 0 Å². The van der Waals surface area contributed by atoms with Gasteiger partial charge in [0.25, 0.3) is 5.56 Å². The highest BCUT2D eigenvalue weighted by atomic mass is 32.7. The highest BCUT2D eigenvalue weighted by molar-refractivity contribution is 8.32. The summed E-state index contributed by atoms with van der Waals surface area (Å²) < 4.78 is 48.7. The third-order valence-electron chi connectivity index (χ3n) is 6.70. The molecule has 228 valence electrons. The van der Waals surface area contributed by atoms with Crippen LogP contribution in [-0.4, -0.2) is 89.1 Å². The molecule has 23 heteroatoms. The molecule has 5 N–H and O–H groups in total. The van der Waals surface area contributed by atoms with Crippen molar-refractivity contribution in [2.24, 2.45) is 0 Å². The molecular weight excluding hydrogens is 644 g/mol. The molecule has 6 rings (SSSR count). The van der Waals surface area contributed by atoms with Crippen LogP contribution in [0.25, 0.3) is 11.2 Å². The van der Waals surface area contributed by atoms with E-state index < -0.39 is 87.1 Å². The van der Waals surface area contributed by atoms with Gasteiger partial charge in [0.05, 0.1) is 19.5 Å². The number of ether oxygens (including phenoxy) is 2. The Kier molecular flexibility index (Phi) is 7.93. The Labute approximate surface area is 244 Å². The number of nitrogens with two attached hydrogens (primary N) is 1. The van der Waals surface area contributed by atoms with Crippen LogP contribution in [0.4, 0.5) is 5.82 Å². The summed E-state index contributed by atoms with van der Waals surface area (Å²) in [6, 6.07) is 1.01. The van der Waals surface area contributed by atoms with Crippen LogP contribution in [0.2, 0.25) is 0 Å². The number of H-pyrrole nitrogens is 1. The average Bonchev–Trinajstić information content (AvgIpc) is 3.57. The van der Waals surface area contributed by atoms with Crippen molar-refractivity contribution < 1.29 is 47.2 Å². The van der Waals surface area contributed by atoms with Gasteiger partial charge in [-0.1, -0.05) is 11.8 Å². The van der Waals surface area contributed by atoms with Crippen molar-refractivity contribution in [1.29, 1.82) is 0 Å². The lowest BCUT2D eigenvalue weighted by molar-refractivity contribution is -0.217. The first-order valence-electron chi connectivity index (χ1n) is 12.0. The molecule has 2 bridgehead atoms. The Morgan fingerprint density at radius 3 is 2.55 bits per heavy atom. The molecule has 3 fully saturated rings. The molecule has 10 atom stereocenters. The SMILES string of the molecule is Nc1ncnc2c1ncn2[C@@H]1O[C@@H]2COP(=O)([S-])O[C@@H]3[C@H](O)[C@@H](COP([O-])(=S)O[C@H]2[C@H]1O)O[C@H]3n1ccc(=O)[nH]c1=O. The molecule has 3 saturated heterocycles. The summed E-state index contributed by atoms with van der Waals surface area (Å²) in [6.07, 6.45) is -8.14. The fourth-order valence-corrected chi connectivity index (χ4v) is 7.61. The fraction of sp³-hybridized carbons (Fsp3) is 0.526. The normalized spacial score (nSPS) is 39.3. The number of rotatable bonds is 2. The van der Waals surface area contributed by atoms with Gasteiger partial charge in [-0.25, -0.2) is 19.7 Å². The van der Waals surface area contributed by atoms with Crippen molar-refractivity contribution in [2.45, 2.75) is 49.1 Å². The van der Waals surface area contributed by atoms with Gasteiger partial charge in [-0.2, -0.15) is 0 Å². The Bertz CT molecular complexity index is 1720. The molecule has 0 spiro atoms. The van der Waals surface area contributed by atoms with Gasteiger partial charge in [-0.05, 0) is 0 Å². The smallest absolute Gasteiger partial charge is 0.330 e. The number of nitrogen functional groups attached to an aromatic ring is 1. The third-order valence-corrected chi connectivity index (χ3v) is 9.79. The highest BCUT2D eigenvalue weighted by Crippen LogP contribution is 2.53. The van der Waals surface area contributed by atoms with Gasteiger partial charge in [-0.3, -0.25) is 23.5 Å². The number of aliphatic hydroxyl groups excluding tert-OH is 2. The lowest BCUT2D eigenvalue weighted by atomic mass is 10.1. The summed E-state index contributed by atoms with van der Waals surface area (Å²) in [5.41, 5.74) is 4.62. The Morgan fingerprint density at radius 1 is 1.05 bits per heavy atom. The van der Waals surface area contributed by atoms with Crippen molar-refractivity contribution in [3.05, 3.63) is 45.8 Å². The standard InChI is InChI=1S/C19H23N7O12P2S2/c20-15-10-16(22-5-21-15)26(6-23-10)17-12(29)13-8(36-17)4-34-40(32,42)38-14-11(28)7(3-33-39(31,41)37-13)35-18(14)25-2-1-9(27)24-19(25)30/h1-2,5-8,11-14,17-18,28-29H,3-4H2,(H,31,41)(H,32,42)(H2,20,21,22)(H,24,27,30)/p-2/t7-,8-,11-,12-,13-,14-,17-,18-,39?,40?/m1/s1. The maximum absolute atomic E-state index is 13.3. The third kappa shape index (κ3) is 5.61. The maximum Gasteiger partial charge on any atom is 0.330 e. The Hall–Kier alpha value is -2.10. The number of aromatic nitrogens is 6. The van der Waals surface area contributed by atoms with E-state index in [1.54, 1.807) is 0 Å². The summed E-state index contributed by atoms with van der Waals surface area (Å²) in [7, 11) is 0. The molecule has 42 heavy (non-hydrogen) atoms. The number of aliphatic hydroxyl groups is 2. The van der Waals surface area contributed by atoms with Crippen LogP contribution in [0, 0.1) is 0 Å². The minimum Gasteiger partial charge on any atom is -0.780 e. The van der Waals surface area contributed by atoms with E-state index in [-0.39, 0.29) is 17.0 Å². The first-order valence-corrected chi connectivity index (χ1v) is 17.1. The zero-order valence-electron chi connectivity index (χ0n) is 20.8. The predicted octanol–water partition coefficient (Wildman–Crippen LogP) is -2.47. The Morgan fingerprint density at radius 2 is 1.79 bits per heavy atom. The van der Waals surface area contributed by atoms with E-state index in [1.165, 1.54) is 17.2 Å². The predicted molar refractivity (Wildman–Crippen MR) is 142 cm³/mol. The van der Waals surface area contributed by atoms with Crippen LogP contribution >= 0.6 is 13.5 Å². The van der Waals surface area contributed by atoms with Crippen LogP contribution in [0.5, 0.6) is 0 Å². The summed E-state index contributed by atoms with van der Waals surface area (Å²) in [4.78, 5) is 51.3. The van der Waals surface area contributed by atoms with Crippen LogP contribution in [0.1, 0.15) is 12.5 Å². The molecule has 19 nitrogen and oxygen atoms in total.